The van der Waals surface area contributed by atoms with Crippen molar-refractivity contribution in [1.82, 2.24) is 4.98 Å². The molecule has 0 aliphatic rings. The van der Waals surface area contributed by atoms with Crippen LogP contribution in [0.4, 0.5) is 14.5 Å². The second-order valence-electron chi connectivity index (χ2n) is 3.43. The van der Waals surface area contributed by atoms with Gasteiger partial charge in [-0.05, 0) is 18.2 Å². The topological polar surface area (TPSA) is 24.9 Å². The van der Waals surface area contributed by atoms with Crippen LogP contribution < -0.4 is 5.32 Å². The highest BCUT2D eigenvalue weighted by Crippen LogP contribution is 2.33. The van der Waals surface area contributed by atoms with Gasteiger partial charge in [0.1, 0.15) is 5.69 Å². The second-order valence-corrected chi connectivity index (χ2v) is 4.75. The molecule has 1 aromatic heterocycles. The van der Waals surface area contributed by atoms with E-state index >= 15 is 0 Å². The van der Waals surface area contributed by atoms with Crippen LogP contribution in [0.2, 0.25) is 5.02 Å². The van der Waals surface area contributed by atoms with E-state index in [0.29, 0.717) is 21.6 Å². The van der Waals surface area contributed by atoms with Gasteiger partial charge in [-0.25, -0.2) is 13.8 Å². The van der Waals surface area contributed by atoms with Crippen LogP contribution in [0.3, 0.4) is 0 Å². The Morgan fingerprint density at radius 2 is 2.06 bits per heavy atom. The number of alkyl halides is 2. The molecule has 6 heteroatoms. The minimum absolute atomic E-state index is 0.286. The smallest absolute Gasteiger partial charge is 0.280 e. The molecule has 17 heavy (non-hydrogen) atoms. The van der Waals surface area contributed by atoms with E-state index in [9.17, 15) is 8.78 Å². The SMILES string of the molecule is CNc1cc(C(F)F)nc2c(Cl)cc(Br)cc12. The van der Waals surface area contributed by atoms with Crippen molar-refractivity contribution < 1.29 is 8.78 Å². The van der Waals surface area contributed by atoms with E-state index in [2.05, 4.69) is 26.2 Å². The van der Waals surface area contributed by atoms with Crippen LogP contribution in [0.15, 0.2) is 22.7 Å². The van der Waals surface area contributed by atoms with Crippen molar-refractivity contribution >= 4 is 44.1 Å². The van der Waals surface area contributed by atoms with Gasteiger partial charge >= 0.3 is 0 Å². The van der Waals surface area contributed by atoms with E-state index < -0.39 is 6.43 Å². The summed E-state index contributed by atoms with van der Waals surface area (Å²) in [5.74, 6) is 0. The average molecular weight is 322 g/mol. The van der Waals surface area contributed by atoms with Crippen molar-refractivity contribution in [3.63, 3.8) is 0 Å². The molecule has 0 saturated heterocycles. The van der Waals surface area contributed by atoms with Gasteiger partial charge in [0.15, 0.2) is 0 Å². The van der Waals surface area contributed by atoms with Crippen LogP contribution in [0.25, 0.3) is 10.9 Å². The summed E-state index contributed by atoms with van der Waals surface area (Å²) in [7, 11) is 1.67. The van der Waals surface area contributed by atoms with Gasteiger partial charge in [0.25, 0.3) is 6.43 Å². The number of anilines is 1. The van der Waals surface area contributed by atoms with Crippen molar-refractivity contribution in [2.24, 2.45) is 0 Å². The molecule has 90 valence electrons. The summed E-state index contributed by atoms with van der Waals surface area (Å²) in [5, 5.41) is 3.91. The van der Waals surface area contributed by atoms with Gasteiger partial charge < -0.3 is 5.32 Å². The summed E-state index contributed by atoms with van der Waals surface area (Å²) >= 11 is 9.31. The fourth-order valence-electron chi connectivity index (χ4n) is 1.59. The highest BCUT2D eigenvalue weighted by molar-refractivity contribution is 9.10. The average Bonchev–Trinajstić information content (AvgIpc) is 2.27. The van der Waals surface area contributed by atoms with E-state index in [1.807, 2.05) is 0 Å². The van der Waals surface area contributed by atoms with Crippen molar-refractivity contribution in [2.45, 2.75) is 6.43 Å². The number of nitrogens with one attached hydrogen (secondary N) is 1. The summed E-state index contributed by atoms with van der Waals surface area (Å²) < 4.78 is 26.1. The number of fused-ring (bicyclic) bond motifs is 1. The Balaban J connectivity index is 2.82. The van der Waals surface area contributed by atoms with Crippen LogP contribution in [0.1, 0.15) is 12.1 Å². The highest BCUT2D eigenvalue weighted by Gasteiger charge is 2.14. The Bertz CT molecular complexity index is 575. The lowest BCUT2D eigenvalue weighted by molar-refractivity contribution is 0.146. The van der Waals surface area contributed by atoms with Gasteiger partial charge in [-0.1, -0.05) is 27.5 Å². The Morgan fingerprint density at radius 1 is 1.35 bits per heavy atom. The van der Waals surface area contributed by atoms with E-state index in [0.717, 1.165) is 4.47 Å². The van der Waals surface area contributed by atoms with E-state index in [-0.39, 0.29) is 5.69 Å². The summed E-state index contributed by atoms with van der Waals surface area (Å²) in [5.41, 5.74) is 0.664. The first-order chi connectivity index (χ1) is 8.02. The normalized spacial score (nSPS) is 11.2. The van der Waals surface area contributed by atoms with Gasteiger partial charge in [0.05, 0.1) is 10.5 Å². The lowest BCUT2D eigenvalue weighted by Gasteiger charge is -2.10. The molecule has 0 bridgehead atoms. The molecular formula is C11H8BrClF2N2. The first-order valence-corrected chi connectivity index (χ1v) is 5.95. The number of hydrogen-bond donors (Lipinski definition) is 1. The molecule has 0 amide bonds. The van der Waals surface area contributed by atoms with Crippen molar-refractivity contribution in [3.8, 4) is 0 Å². The van der Waals surface area contributed by atoms with Crippen molar-refractivity contribution in [3.05, 3.63) is 33.4 Å². The fourth-order valence-corrected chi connectivity index (χ4v) is 2.44. The molecular weight excluding hydrogens is 313 g/mol. The van der Waals surface area contributed by atoms with Crippen LogP contribution in [-0.4, -0.2) is 12.0 Å². The van der Waals surface area contributed by atoms with Gasteiger partial charge in [-0.15, -0.1) is 0 Å². The van der Waals surface area contributed by atoms with Gasteiger partial charge in [-0.3, -0.25) is 0 Å². The Morgan fingerprint density at radius 3 is 2.65 bits per heavy atom. The summed E-state index contributed by atoms with van der Waals surface area (Å²) in [6.45, 7) is 0. The van der Waals surface area contributed by atoms with Gasteiger partial charge in [0, 0.05) is 22.6 Å². The molecule has 0 fully saturated rings. The van der Waals surface area contributed by atoms with Crippen molar-refractivity contribution in [1.29, 1.82) is 0 Å². The molecule has 0 saturated carbocycles. The third-order valence-electron chi connectivity index (χ3n) is 2.34. The molecule has 0 atom stereocenters. The Hall–Kier alpha value is -0.940. The molecule has 1 aromatic carbocycles. The molecule has 2 aromatic rings. The van der Waals surface area contributed by atoms with E-state index in [4.69, 9.17) is 11.6 Å². The predicted molar refractivity (Wildman–Crippen MR) is 69.0 cm³/mol. The van der Waals surface area contributed by atoms with Gasteiger partial charge in [-0.2, -0.15) is 0 Å². The monoisotopic (exact) mass is 320 g/mol. The lowest BCUT2D eigenvalue weighted by atomic mass is 10.1. The zero-order chi connectivity index (χ0) is 12.6. The summed E-state index contributed by atoms with van der Waals surface area (Å²) in [6.07, 6.45) is -2.62. The van der Waals surface area contributed by atoms with Crippen LogP contribution in [0, 0.1) is 0 Å². The molecule has 2 nitrogen and oxygen atoms in total. The molecule has 1 N–H and O–H groups in total. The molecule has 0 aliphatic heterocycles. The lowest BCUT2D eigenvalue weighted by Crippen LogP contribution is -1.97. The minimum atomic E-state index is -2.62. The maximum Gasteiger partial charge on any atom is 0.280 e. The number of benzene rings is 1. The van der Waals surface area contributed by atoms with Crippen LogP contribution in [0.5, 0.6) is 0 Å². The molecule has 2 rings (SSSR count). The first-order valence-electron chi connectivity index (χ1n) is 4.78. The molecule has 0 spiro atoms. The first kappa shape index (κ1) is 12.5. The number of nitrogens with zero attached hydrogens (tertiary/aromatic N) is 1. The van der Waals surface area contributed by atoms with Crippen LogP contribution >= 0.6 is 27.5 Å². The van der Waals surface area contributed by atoms with E-state index in [1.54, 1.807) is 19.2 Å². The molecule has 0 aliphatic carbocycles. The third kappa shape index (κ3) is 2.35. The maximum absolute atomic E-state index is 12.7. The molecule has 1 heterocycles. The summed E-state index contributed by atoms with van der Waals surface area (Å²) in [4.78, 5) is 3.88. The fraction of sp³-hybridized carbons (Fsp3) is 0.182. The second kappa shape index (κ2) is 4.74. The molecule has 0 radical (unpaired) electrons. The summed E-state index contributed by atoms with van der Waals surface area (Å²) in [6, 6.07) is 4.75. The highest BCUT2D eigenvalue weighted by atomic mass is 79.9. The van der Waals surface area contributed by atoms with Crippen molar-refractivity contribution in [2.75, 3.05) is 12.4 Å². The number of hydrogen-bond acceptors (Lipinski definition) is 2. The Kier molecular flexibility index (Phi) is 3.49. The molecule has 0 unspecified atom stereocenters. The number of aromatic nitrogens is 1. The van der Waals surface area contributed by atoms with E-state index in [1.165, 1.54) is 6.07 Å². The zero-order valence-electron chi connectivity index (χ0n) is 8.77. The minimum Gasteiger partial charge on any atom is -0.388 e. The van der Waals surface area contributed by atoms with Crippen LogP contribution in [-0.2, 0) is 0 Å². The number of halogens is 4. The zero-order valence-corrected chi connectivity index (χ0v) is 11.1. The predicted octanol–water partition coefficient (Wildman–Crippen LogP) is 4.63. The van der Waals surface area contributed by atoms with Gasteiger partial charge in [0.2, 0.25) is 0 Å². The quantitative estimate of drug-likeness (QED) is 0.872. The largest absolute Gasteiger partial charge is 0.388 e. The maximum atomic E-state index is 12.7. The standard InChI is InChI=1S/C11H8BrClF2N2/c1-16-8-4-9(11(14)15)17-10-6(8)2-5(12)3-7(10)13/h2-4,11H,1H3,(H,16,17). The number of pyridine rings is 1. The third-order valence-corrected chi connectivity index (χ3v) is 3.09. The Labute approximate surface area is 110 Å². The number of rotatable bonds is 2.